The molecule has 4 nitrogen and oxygen atoms in total. The zero-order valence-electron chi connectivity index (χ0n) is 10.2. The van der Waals surface area contributed by atoms with Crippen LogP contribution in [0, 0.1) is 0 Å². The van der Waals surface area contributed by atoms with Gasteiger partial charge in [0, 0.05) is 39.2 Å². The van der Waals surface area contributed by atoms with Gasteiger partial charge in [0.25, 0.3) is 5.91 Å². The minimum Gasteiger partial charge on any atom is -0.347 e. The van der Waals surface area contributed by atoms with E-state index >= 15 is 0 Å². The first-order chi connectivity index (χ1) is 8.18. The van der Waals surface area contributed by atoms with E-state index < -0.39 is 0 Å². The van der Waals surface area contributed by atoms with Crippen LogP contribution < -0.4 is 0 Å². The van der Waals surface area contributed by atoms with Gasteiger partial charge in [-0.15, -0.1) is 13.2 Å². The summed E-state index contributed by atoms with van der Waals surface area (Å²) >= 11 is 0. The van der Waals surface area contributed by atoms with Gasteiger partial charge in [-0.1, -0.05) is 0 Å². The molecule has 1 aromatic rings. The highest BCUT2D eigenvalue weighted by molar-refractivity contribution is 5.94. The van der Waals surface area contributed by atoms with Gasteiger partial charge in [-0.3, -0.25) is 9.59 Å². The maximum absolute atomic E-state index is 12.0. The summed E-state index contributed by atoms with van der Waals surface area (Å²) in [6, 6.07) is 3.65. The van der Waals surface area contributed by atoms with Gasteiger partial charge in [0.05, 0.1) is 0 Å². The second-order valence-corrected chi connectivity index (χ2v) is 3.84. The van der Waals surface area contributed by atoms with Crippen molar-refractivity contribution in [2.24, 2.45) is 7.05 Å². The summed E-state index contributed by atoms with van der Waals surface area (Å²) in [5.74, 6) is 0.279. The van der Waals surface area contributed by atoms with E-state index in [2.05, 4.69) is 13.2 Å². The lowest BCUT2D eigenvalue weighted by atomic mass is 10.1. The van der Waals surface area contributed by atoms with Crippen LogP contribution in [0.25, 0.3) is 0 Å². The molecule has 1 fully saturated rings. The SMILES string of the molecule is C=C.Cn1cccc1C(=O)N1CCC(=O)CC1. The highest BCUT2D eigenvalue weighted by Crippen LogP contribution is 2.11. The van der Waals surface area contributed by atoms with Crippen molar-refractivity contribution in [3.8, 4) is 0 Å². The number of carbonyl (C=O) groups excluding carboxylic acids is 2. The number of piperidine rings is 1. The van der Waals surface area contributed by atoms with Crippen LogP contribution in [0.1, 0.15) is 23.3 Å². The van der Waals surface area contributed by atoms with Gasteiger partial charge < -0.3 is 9.47 Å². The summed E-state index contributed by atoms with van der Waals surface area (Å²) in [6.07, 6.45) is 2.84. The largest absolute Gasteiger partial charge is 0.347 e. The molecule has 1 saturated heterocycles. The van der Waals surface area contributed by atoms with Crippen molar-refractivity contribution >= 4 is 11.7 Å². The molecule has 0 saturated carbocycles. The molecule has 2 heterocycles. The maximum atomic E-state index is 12.0. The summed E-state index contributed by atoms with van der Waals surface area (Å²) in [7, 11) is 1.85. The van der Waals surface area contributed by atoms with Crippen LogP contribution >= 0.6 is 0 Å². The number of likely N-dealkylation sites (tertiary alicyclic amines) is 1. The molecule has 0 aromatic carbocycles. The van der Waals surface area contributed by atoms with Gasteiger partial charge in [0.15, 0.2) is 0 Å². The quantitative estimate of drug-likeness (QED) is 0.693. The number of hydrogen-bond acceptors (Lipinski definition) is 2. The number of nitrogens with zero attached hydrogens (tertiary/aromatic N) is 2. The van der Waals surface area contributed by atoms with Crippen LogP contribution in [0.15, 0.2) is 31.5 Å². The smallest absolute Gasteiger partial charge is 0.270 e. The molecule has 1 aliphatic heterocycles. The van der Waals surface area contributed by atoms with Gasteiger partial charge in [0.2, 0.25) is 0 Å². The standard InChI is InChI=1S/C11H14N2O2.C2H4/c1-12-6-2-3-10(12)11(15)13-7-4-9(14)5-8-13;1-2/h2-3,6H,4-5,7-8H2,1H3;1-2H2. The second kappa shape index (κ2) is 6.03. The maximum Gasteiger partial charge on any atom is 0.270 e. The Morgan fingerprint density at radius 1 is 1.29 bits per heavy atom. The molecule has 92 valence electrons. The van der Waals surface area contributed by atoms with Crippen LogP contribution in [0.4, 0.5) is 0 Å². The molecule has 4 heteroatoms. The van der Waals surface area contributed by atoms with E-state index in [1.807, 2.05) is 19.3 Å². The van der Waals surface area contributed by atoms with Gasteiger partial charge in [-0.2, -0.15) is 0 Å². The number of aryl methyl sites for hydroxylation is 1. The fourth-order valence-electron chi connectivity index (χ4n) is 1.80. The number of amides is 1. The second-order valence-electron chi connectivity index (χ2n) is 3.84. The first-order valence-corrected chi connectivity index (χ1v) is 5.61. The highest BCUT2D eigenvalue weighted by atomic mass is 16.2. The van der Waals surface area contributed by atoms with Crippen molar-refractivity contribution < 1.29 is 9.59 Å². The van der Waals surface area contributed by atoms with Crippen LogP contribution in [0.5, 0.6) is 0 Å². The normalized spacial score (nSPS) is 15.1. The third-order valence-electron chi connectivity index (χ3n) is 2.77. The molecule has 0 radical (unpaired) electrons. The molecule has 0 N–H and O–H groups in total. The monoisotopic (exact) mass is 234 g/mol. The van der Waals surface area contributed by atoms with E-state index in [4.69, 9.17) is 0 Å². The van der Waals surface area contributed by atoms with Crippen LogP contribution in [-0.2, 0) is 11.8 Å². The van der Waals surface area contributed by atoms with Gasteiger partial charge in [-0.05, 0) is 12.1 Å². The molecule has 2 rings (SSSR count). The summed E-state index contributed by atoms with van der Waals surface area (Å²) in [6.45, 7) is 7.12. The molecular formula is C13H18N2O2. The van der Waals surface area contributed by atoms with Crippen molar-refractivity contribution in [2.45, 2.75) is 12.8 Å². The average molecular weight is 234 g/mol. The molecular weight excluding hydrogens is 216 g/mol. The van der Waals surface area contributed by atoms with Crippen molar-refractivity contribution in [1.29, 1.82) is 0 Å². The van der Waals surface area contributed by atoms with E-state index in [1.54, 1.807) is 15.5 Å². The lowest BCUT2D eigenvalue weighted by Gasteiger charge is -2.26. The molecule has 0 atom stereocenters. The predicted octanol–water partition coefficient (Wildman–Crippen LogP) is 1.63. The Kier molecular flexibility index (Phi) is 4.69. The van der Waals surface area contributed by atoms with Crippen molar-refractivity contribution in [2.75, 3.05) is 13.1 Å². The summed E-state index contributed by atoms with van der Waals surface area (Å²) in [4.78, 5) is 24.8. The fourth-order valence-corrected chi connectivity index (χ4v) is 1.80. The lowest BCUT2D eigenvalue weighted by molar-refractivity contribution is -0.120. The van der Waals surface area contributed by atoms with Gasteiger partial charge in [-0.25, -0.2) is 0 Å². The molecule has 1 aliphatic rings. The zero-order valence-corrected chi connectivity index (χ0v) is 10.2. The first kappa shape index (κ1) is 13.2. The summed E-state index contributed by atoms with van der Waals surface area (Å²) in [5, 5.41) is 0. The zero-order chi connectivity index (χ0) is 12.8. The van der Waals surface area contributed by atoms with E-state index in [-0.39, 0.29) is 11.7 Å². The van der Waals surface area contributed by atoms with E-state index in [1.165, 1.54) is 0 Å². The minimum absolute atomic E-state index is 0.0231. The third-order valence-corrected chi connectivity index (χ3v) is 2.77. The molecule has 0 spiro atoms. The predicted molar refractivity (Wildman–Crippen MR) is 66.8 cm³/mol. The fraction of sp³-hybridized carbons (Fsp3) is 0.385. The van der Waals surface area contributed by atoms with E-state index in [9.17, 15) is 9.59 Å². The minimum atomic E-state index is 0.0231. The number of ketones is 1. The Morgan fingerprint density at radius 3 is 2.35 bits per heavy atom. The third kappa shape index (κ3) is 3.06. The van der Waals surface area contributed by atoms with Crippen molar-refractivity contribution in [3.05, 3.63) is 37.2 Å². The molecule has 17 heavy (non-hydrogen) atoms. The first-order valence-electron chi connectivity index (χ1n) is 5.61. The Bertz CT molecular complexity index is 399. The van der Waals surface area contributed by atoms with Crippen molar-refractivity contribution in [3.63, 3.8) is 0 Å². The average Bonchev–Trinajstić information content (AvgIpc) is 2.78. The Balaban J connectivity index is 0.000000686. The van der Waals surface area contributed by atoms with Crippen LogP contribution in [0.2, 0.25) is 0 Å². The summed E-state index contributed by atoms with van der Waals surface area (Å²) < 4.78 is 1.80. The number of hydrogen-bond donors (Lipinski definition) is 0. The summed E-state index contributed by atoms with van der Waals surface area (Å²) in [5.41, 5.74) is 0.685. The van der Waals surface area contributed by atoms with Gasteiger partial charge in [0.1, 0.15) is 11.5 Å². The highest BCUT2D eigenvalue weighted by Gasteiger charge is 2.22. The number of aromatic nitrogens is 1. The van der Waals surface area contributed by atoms with Gasteiger partial charge >= 0.3 is 0 Å². The lowest BCUT2D eigenvalue weighted by Crippen LogP contribution is -2.39. The number of carbonyl (C=O) groups is 2. The van der Waals surface area contributed by atoms with Crippen molar-refractivity contribution in [1.82, 2.24) is 9.47 Å². The number of Topliss-reactive ketones (excluding diaryl/α,β-unsaturated/α-hetero) is 1. The van der Waals surface area contributed by atoms with Crippen LogP contribution in [-0.4, -0.2) is 34.2 Å². The van der Waals surface area contributed by atoms with Crippen LogP contribution in [0.3, 0.4) is 0 Å². The van der Waals surface area contributed by atoms with E-state index in [0.717, 1.165) is 0 Å². The Labute approximate surface area is 102 Å². The Hall–Kier alpha value is -1.84. The topological polar surface area (TPSA) is 42.3 Å². The molecule has 1 aromatic heterocycles. The Morgan fingerprint density at radius 2 is 1.88 bits per heavy atom. The molecule has 0 bridgehead atoms. The molecule has 0 unspecified atom stereocenters. The molecule has 1 amide bonds. The molecule has 0 aliphatic carbocycles. The van der Waals surface area contributed by atoms with E-state index in [0.29, 0.717) is 31.6 Å². The number of rotatable bonds is 1.